The van der Waals surface area contributed by atoms with Crippen LogP contribution in [0.1, 0.15) is 17.0 Å². The molecule has 0 aliphatic rings. The zero-order valence-corrected chi connectivity index (χ0v) is 21.3. The van der Waals surface area contributed by atoms with Crippen LogP contribution in [-0.2, 0) is 20.0 Å². The van der Waals surface area contributed by atoms with E-state index in [1.54, 1.807) is 24.9 Å². The van der Waals surface area contributed by atoms with Crippen LogP contribution in [0, 0.1) is 5.41 Å². The van der Waals surface area contributed by atoms with Gasteiger partial charge >= 0.3 is 0 Å². The van der Waals surface area contributed by atoms with E-state index in [0.717, 1.165) is 57.5 Å². The first-order chi connectivity index (χ1) is 18.6. The fourth-order valence-electron chi connectivity index (χ4n) is 4.10. The zero-order chi connectivity index (χ0) is 26.3. The number of nitrogens with zero attached hydrogens (tertiary/aromatic N) is 6. The zero-order valence-electron chi connectivity index (χ0n) is 21.3. The van der Waals surface area contributed by atoms with Gasteiger partial charge in [-0.05, 0) is 17.2 Å². The number of aryl methyl sites for hydroxylation is 1. The lowest BCUT2D eigenvalue weighted by Crippen LogP contribution is -2.06. The Morgan fingerprint density at radius 3 is 2.68 bits per heavy atom. The minimum absolute atomic E-state index is 0.536. The number of allylic oxidation sites excluding steroid dienone is 1. The molecule has 0 saturated heterocycles. The summed E-state index contributed by atoms with van der Waals surface area (Å²) in [6.07, 6.45) is 12.9. The van der Waals surface area contributed by atoms with Gasteiger partial charge in [-0.25, -0.2) is 19.9 Å². The van der Waals surface area contributed by atoms with Crippen molar-refractivity contribution in [3.63, 3.8) is 0 Å². The molecule has 0 bridgehead atoms. The molecule has 3 N–H and O–H groups in total. The maximum Gasteiger partial charge on any atom is 0.140 e. The molecular formula is C28H29N9O. The largest absolute Gasteiger partial charge is 0.493 e. The molecule has 0 aliphatic carbocycles. The van der Waals surface area contributed by atoms with Crippen molar-refractivity contribution in [3.05, 3.63) is 96.7 Å². The van der Waals surface area contributed by atoms with E-state index < -0.39 is 0 Å². The molecule has 5 aromatic rings. The van der Waals surface area contributed by atoms with E-state index >= 15 is 0 Å². The second kappa shape index (κ2) is 11.4. The lowest BCUT2D eigenvalue weighted by molar-refractivity contribution is 0.317. The number of rotatable bonds is 11. The minimum atomic E-state index is 0.536. The van der Waals surface area contributed by atoms with Crippen molar-refractivity contribution in [1.29, 1.82) is 5.41 Å². The van der Waals surface area contributed by atoms with Gasteiger partial charge in [-0.3, -0.25) is 4.40 Å². The second-order valence-corrected chi connectivity index (χ2v) is 8.66. The van der Waals surface area contributed by atoms with Crippen molar-refractivity contribution in [2.24, 2.45) is 7.05 Å². The van der Waals surface area contributed by atoms with Gasteiger partial charge in [0.25, 0.3) is 0 Å². The fraction of sp³-hybridized carbons (Fsp3) is 0.179. The number of pyridine rings is 1. The number of hydrogen-bond donors (Lipinski definition) is 3. The minimum Gasteiger partial charge on any atom is -0.493 e. The average molecular weight is 508 g/mol. The van der Waals surface area contributed by atoms with Crippen LogP contribution in [0.3, 0.4) is 0 Å². The summed E-state index contributed by atoms with van der Waals surface area (Å²) in [5, 5.41) is 13.9. The molecule has 10 nitrogen and oxygen atoms in total. The Kier molecular flexibility index (Phi) is 7.39. The SMILES string of the molecule is CN/C=C(\C=N)c1ccc(CNc2cc(-c3cnc4cc(OCCc5nccn5C)ccn34)ncn2)cc1. The van der Waals surface area contributed by atoms with Crippen LogP contribution in [0.15, 0.2) is 79.8 Å². The summed E-state index contributed by atoms with van der Waals surface area (Å²) in [6.45, 7) is 1.15. The van der Waals surface area contributed by atoms with Crippen LogP contribution >= 0.6 is 0 Å². The van der Waals surface area contributed by atoms with Gasteiger partial charge in [-0.15, -0.1) is 0 Å². The van der Waals surface area contributed by atoms with Gasteiger partial charge in [0.15, 0.2) is 0 Å². The molecule has 0 unspecified atom stereocenters. The Hall–Kier alpha value is -4.99. The Labute approximate surface area is 220 Å². The summed E-state index contributed by atoms with van der Waals surface area (Å²) in [5.41, 5.74) is 5.32. The molecule has 0 fully saturated rings. The molecule has 1 aromatic carbocycles. The van der Waals surface area contributed by atoms with Gasteiger partial charge in [0, 0.05) is 75.8 Å². The van der Waals surface area contributed by atoms with Gasteiger partial charge in [0.2, 0.25) is 0 Å². The van der Waals surface area contributed by atoms with E-state index in [1.807, 2.05) is 77.9 Å². The topological polar surface area (TPSA) is 118 Å². The Bertz CT molecular complexity index is 1570. The van der Waals surface area contributed by atoms with E-state index in [2.05, 4.69) is 30.6 Å². The predicted octanol–water partition coefficient (Wildman–Crippen LogP) is 3.97. The van der Waals surface area contributed by atoms with E-state index in [9.17, 15) is 0 Å². The number of fused-ring (bicyclic) bond motifs is 1. The van der Waals surface area contributed by atoms with Crippen LogP contribution < -0.4 is 15.4 Å². The molecule has 10 heteroatoms. The first kappa shape index (κ1) is 24.7. The van der Waals surface area contributed by atoms with Crippen molar-refractivity contribution >= 4 is 23.3 Å². The first-order valence-electron chi connectivity index (χ1n) is 12.2. The summed E-state index contributed by atoms with van der Waals surface area (Å²) < 4.78 is 9.90. The smallest absolute Gasteiger partial charge is 0.140 e. The van der Waals surface area contributed by atoms with E-state index in [-0.39, 0.29) is 0 Å². The summed E-state index contributed by atoms with van der Waals surface area (Å²) >= 11 is 0. The standard InChI is InChI=1S/C28H29N9O/c1-30-17-22(15-29)21-5-3-20(4-6-21)16-32-26-14-24(34-19-35-26)25-18-33-28-13-23(7-10-37(25)28)38-12-8-27-31-9-11-36(27)2/h3-7,9-11,13-15,17-19,29-30H,8,12,16H2,1-2H3,(H,32,34,35)/b22-17+,29-15?. The average Bonchev–Trinajstić information content (AvgIpc) is 3.56. The summed E-state index contributed by atoms with van der Waals surface area (Å²) in [6, 6.07) is 13.9. The monoisotopic (exact) mass is 507 g/mol. The summed E-state index contributed by atoms with van der Waals surface area (Å²) in [7, 11) is 3.80. The molecule has 0 aliphatic heterocycles. The lowest BCUT2D eigenvalue weighted by Gasteiger charge is -2.09. The fourth-order valence-corrected chi connectivity index (χ4v) is 4.10. The number of benzene rings is 1. The highest BCUT2D eigenvalue weighted by molar-refractivity contribution is 6.08. The first-order valence-corrected chi connectivity index (χ1v) is 12.2. The molecule has 5 rings (SSSR count). The van der Waals surface area contributed by atoms with Crippen molar-refractivity contribution in [2.45, 2.75) is 13.0 Å². The lowest BCUT2D eigenvalue weighted by atomic mass is 10.1. The normalized spacial score (nSPS) is 11.5. The third-order valence-corrected chi connectivity index (χ3v) is 6.15. The molecule has 0 saturated carbocycles. The van der Waals surface area contributed by atoms with Crippen LogP contribution in [0.5, 0.6) is 5.75 Å². The van der Waals surface area contributed by atoms with Gasteiger partial charge in [0.05, 0.1) is 24.2 Å². The van der Waals surface area contributed by atoms with E-state index in [1.165, 1.54) is 6.21 Å². The number of hydrogen-bond acceptors (Lipinski definition) is 8. The molecule has 192 valence electrons. The highest BCUT2D eigenvalue weighted by Crippen LogP contribution is 2.23. The molecule has 4 heterocycles. The summed E-state index contributed by atoms with van der Waals surface area (Å²) in [4.78, 5) is 17.7. The van der Waals surface area contributed by atoms with Gasteiger partial charge in [-0.2, -0.15) is 0 Å². The van der Waals surface area contributed by atoms with Crippen LogP contribution in [0.4, 0.5) is 5.82 Å². The number of ether oxygens (including phenoxy) is 1. The van der Waals surface area contributed by atoms with Crippen molar-refractivity contribution in [2.75, 3.05) is 19.0 Å². The van der Waals surface area contributed by atoms with Crippen molar-refractivity contribution in [3.8, 4) is 17.1 Å². The summed E-state index contributed by atoms with van der Waals surface area (Å²) in [5.74, 6) is 2.46. The van der Waals surface area contributed by atoms with Gasteiger partial charge in [0.1, 0.15) is 29.4 Å². The van der Waals surface area contributed by atoms with Crippen molar-refractivity contribution < 1.29 is 4.74 Å². The van der Waals surface area contributed by atoms with Crippen LogP contribution in [0.25, 0.3) is 22.6 Å². The Morgan fingerprint density at radius 1 is 1.05 bits per heavy atom. The Morgan fingerprint density at radius 2 is 1.92 bits per heavy atom. The van der Waals surface area contributed by atoms with Gasteiger partial charge in [-0.1, -0.05) is 24.3 Å². The maximum atomic E-state index is 7.57. The molecule has 0 spiro atoms. The van der Waals surface area contributed by atoms with E-state index in [4.69, 9.17) is 10.1 Å². The highest BCUT2D eigenvalue weighted by atomic mass is 16.5. The van der Waals surface area contributed by atoms with Crippen LogP contribution in [-0.4, -0.2) is 48.8 Å². The third kappa shape index (κ3) is 5.54. The molecular weight excluding hydrogens is 478 g/mol. The predicted molar refractivity (Wildman–Crippen MR) is 148 cm³/mol. The van der Waals surface area contributed by atoms with Crippen LogP contribution in [0.2, 0.25) is 0 Å². The number of anilines is 1. The molecule has 0 amide bonds. The second-order valence-electron chi connectivity index (χ2n) is 8.66. The third-order valence-electron chi connectivity index (χ3n) is 6.15. The maximum absolute atomic E-state index is 7.57. The number of imidazole rings is 2. The van der Waals surface area contributed by atoms with Crippen molar-refractivity contribution in [1.82, 2.24) is 34.2 Å². The Balaban J connectivity index is 1.24. The molecule has 4 aromatic heterocycles. The molecule has 0 atom stereocenters. The molecule has 0 radical (unpaired) electrons. The van der Waals surface area contributed by atoms with E-state index in [0.29, 0.717) is 13.2 Å². The van der Waals surface area contributed by atoms with Gasteiger partial charge < -0.3 is 25.3 Å². The quantitative estimate of drug-likeness (QED) is 0.232. The molecule has 38 heavy (non-hydrogen) atoms. The number of aromatic nitrogens is 6. The highest BCUT2D eigenvalue weighted by Gasteiger charge is 2.10. The number of nitrogens with one attached hydrogen (secondary N) is 3.